The second-order valence-electron chi connectivity index (χ2n) is 9.14. The molecule has 0 spiro atoms. The highest BCUT2D eigenvalue weighted by Crippen LogP contribution is 2.32. The summed E-state index contributed by atoms with van der Waals surface area (Å²) in [5.41, 5.74) is -0.0125. The third kappa shape index (κ3) is 5.65. The van der Waals surface area contributed by atoms with Gasteiger partial charge in [-0.25, -0.2) is 9.78 Å². The number of anilines is 2. The molecule has 0 saturated carbocycles. The Bertz CT molecular complexity index is 1180. The van der Waals surface area contributed by atoms with Gasteiger partial charge in [-0.05, 0) is 26.3 Å². The van der Waals surface area contributed by atoms with Gasteiger partial charge in [0.1, 0.15) is 5.82 Å². The van der Waals surface area contributed by atoms with Gasteiger partial charge >= 0.3 is 12.2 Å². The molecule has 3 heterocycles. The number of benzene rings is 1. The van der Waals surface area contributed by atoms with Crippen molar-refractivity contribution in [1.82, 2.24) is 20.5 Å². The van der Waals surface area contributed by atoms with Crippen molar-refractivity contribution in [1.29, 1.82) is 0 Å². The quantitative estimate of drug-likeness (QED) is 0.431. The van der Waals surface area contributed by atoms with Crippen LogP contribution in [0.3, 0.4) is 0 Å². The molecule has 3 atom stereocenters. The average molecular weight is 493 g/mol. The summed E-state index contributed by atoms with van der Waals surface area (Å²) >= 11 is 0. The number of aromatic amines is 1. The van der Waals surface area contributed by atoms with Crippen molar-refractivity contribution >= 4 is 28.6 Å². The van der Waals surface area contributed by atoms with E-state index in [1.54, 1.807) is 32.9 Å². The molecule has 1 aromatic carbocycles. The molecule has 1 aliphatic heterocycles. The molecular formula is C23H27F3N6O3. The van der Waals surface area contributed by atoms with Crippen molar-refractivity contribution in [3.8, 4) is 0 Å². The first kappa shape index (κ1) is 24.7. The molecule has 188 valence electrons. The fourth-order valence-electron chi connectivity index (χ4n) is 4.11. The van der Waals surface area contributed by atoms with E-state index in [0.717, 1.165) is 5.56 Å². The lowest BCUT2D eigenvalue weighted by Crippen LogP contribution is -2.52. The Hall–Kier alpha value is -3.38. The van der Waals surface area contributed by atoms with Gasteiger partial charge in [0.2, 0.25) is 0 Å². The normalized spacial score (nSPS) is 20.0. The summed E-state index contributed by atoms with van der Waals surface area (Å²) in [6, 6.07) is 9.33. The van der Waals surface area contributed by atoms with Crippen LogP contribution in [-0.2, 0) is 4.74 Å². The summed E-state index contributed by atoms with van der Waals surface area (Å²) in [7, 11) is 0. The summed E-state index contributed by atoms with van der Waals surface area (Å²) < 4.78 is 44.8. The zero-order valence-electron chi connectivity index (χ0n) is 19.4. The maximum atomic E-state index is 13.2. The molecule has 0 bridgehead atoms. The lowest BCUT2D eigenvalue weighted by Gasteiger charge is -2.37. The summed E-state index contributed by atoms with van der Waals surface area (Å²) in [6.45, 7) is 4.63. The van der Waals surface area contributed by atoms with Crippen molar-refractivity contribution in [2.75, 3.05) is 23.3 Å². The highest BCUT2D eigenvalue weighted by atomic mass is 19.4. The number of ether oxygens (including phenoxy) is 1. The molecule has 1 fully saturated rings. The van der Waals surface area contributed by atoms with Crippen molar-refractivity contribution in [2.45, 2.75) is 50.8 Å². The first-order chi connectivity index (χ1) is 16.4. The van der Waals surface area contributed by atoms with Gasteiger partial charge < -0.3 is 20.1 Å². The first-order valence-electron chi connectivity index (χ1n) is 11.1. The number of carbonyl (C=O) groups is 1. The van der Waals surface area contributed by atoms with E-state index in [1.807, 2.05) is 18.2 Å². The minimum Gasteiger partial charge on any atom is -0.388 e. The van der Waals surface area contributed by atoms with Crippen LogP contribution in [0.4, 0.5) is 29.6 Å². The number of morpholine rings is 1. The number of H-pyrrole nitrogens is 1. The number of alkyl halides is 3. The Labute approximate surface area is 199 Å². The average Bonchev–Trinajstić information content (AvgIpc) is 3.19. The zero-order valence-corrected chi connectivity index (χ0v) is 19.4. The summed E-state index contributed by atoms with van der Waals surface area (Å²) in [6.07, 6.45) is -5.59. The van der Waals surface area contributed by atoms with Crippen LogP contribution >= 0.6 is 0 Å². The van der Waals surface area contributed by atoms with Crippen molar-refractivity contribution in [2.24, 2.45) is 0 Å². The van der Waals surface area contributed by atoms with E-state index in [1.165, 1.54) is 17.2 Å². The van der Waals surface area contributed by atoms with Crippen LogP contribution in [0, 0.1) is 0 Å². The monoisotopic (exact) mass is 492 g/mol. The number of urea groups is 1. The number of hydrogen-bond acceptors (Lipinski definition) is 6. The van der Waals surface area contributed by atoms with Gasteiger partial charge in [-0.3, -0.25) is 10.4 Å². The lowest BCUT2D eigenvalue weighted by molar-refractivity contribution is -0.233. The second-order valence-corrected chi connectivity index (χ2v) is 9.14. The van der Waals surface area contributed by atoms with Gasteiger partial charge in [-0.2, -0.15) is 18.3 Å². The number of aromatic nitrogens is 3. The van der Waals surface area contributed by atoms with E-state index >= 15 is 0 Å². The third-order valence-corrected chi connectivity index (χ3v) is 5.71. The molecular weight excluding hydrogens is 465 g/mol. The number of carbonyl (C=O) groups excluding carboxylic acids is 1. The molecule has 1 saturated heterocycles. The molecule has 4 rings (SSSR count). The molecule has 2 amide bonds. The van der Waals surface area contributed by atoms with Crippen molar-refractivity contribution < 1.29 is 27.8 Å². The number of halogens is 3. The van der Waals surface area contributed by atoms with E-state index in [2.05, 4.69) is 25.8 Å². The molecule has 1 aliphatic rings. The van der Waals surface area contributed by atoms with Crippen LogP contribution < -0.4 is 15.5 Å². The van der Waals surface area contributed by atoms with Crippen LogP contribution in [0.15, 0.2) is 42.6 Å². The van der Waals surface area contributed by atoms with E-state index in [4.69, 9.17) is 4.74 Å². The molecule has 9 nitrogen and oxygen atoms in total. The van der Waals surface area contributed by atoms with Crippen molar-refractivity contribution in [3.05, 3.63) is 48.2 Å². The summed E-state index contributed by atoms with van der Waals surface area (Å²) in [4.78, 5) is 18.4. The zero-order chi connectivity index (χ0) is 25.4. The number of aliphatic hydroxyl groups is 1. The van der Waals surface area contributed by atoms with Crippen LogP contribution in [0.5, 0.6) is 0 Å². The third-order valence-electron chi connectivity index (χ3n) is 5.71. The number of nitrogens with one attached hydrogen (secondary N) is 3. The minimum absolute atomic E-state index is 0.205. The highest BCUT2D eigenvalue weighted by Gasteiger charge is 2.45. The summed E-state index contributed by atoms with van der Waals surface area (Å²) in [5.74, 6) is 0.537. The largest absolute Gasteiger partial charge is 0.416 e. The Balaban J connectivity index is 1.50. The van der Waals surface area contributed by atoms with Crippen molar-refractivity contribution in [3.63, 3.8) is 0 Å². The molecule has 2 aromatic heterocycles. The Kier molecular flexibility index (Phi) is 6.60. The van der Waals surface area contributed by atoms with Gasteiger partial charge in [0.05, 0.1) is 35.2 Å². The van der Waals surface area contributed by atoms with Crippen LogP contribution in [0.25, 0.3) is 10.9 Å². The van der Waals surface area contributed by atoms with Crippen LogP contribution in [-0.4, -0.2) is 63.4 Å². The standard InChI is InChI=1S/C23H27F3N6O3/c1-13-11-32(12-17(35-13)23(24,25)26)20-15-10-27-18(9-16(15)30-31-20)28-21(33)29-19(22(2,3)34)14-7-5-4-6-8-14/h4-10,13,17,19,34H,11-12H2,1-3H3,(H,30,31)(H2,27,28,29,33). The number of rotatable bonds is 5. The van der Waals surface area contributed by atoms with Gasteiger partial charge in [0.15, 0.2) is 11.9 Å². The highest BCUT2D eigenvalue weighted by molar-refractivity contribution is 5.94. The van der Waals surface area contributed by atoms with Gasteiger partial charge in [0.25, 0.3) is 0 Å². The van der Waals surface area contributed by atoms with Crippen LogP contribution in [0.1, 0.15) is 32.4 Å². The number of hydrogen-bond donors (Lipinski definition) is 4. The first-order valence-corrected chi connectivity index (χ1v) is 11.1. The Morgan fingerprint density at radius 1 is 1.26 bits per heavy atom. The lowest BCUT2D eigenvalue weighted by atomic mass is 9.92. The number of amides is 2. The minimum atomic E-state index is -4.48. The summed E-state index contributed by atoms with van der Waals surface area (Å²) in [5, 5.41) is 23.4. The molecule has 4 N–H and O–H groups in total. The number of nitrogens with zero attached hydrogens (tertiary/aromatic N) is 3. The SMILES string of the molecule is CC1CN(c2n[nH]c3cc(NC(=O)NC(c4ccccc4)C(C)(C)O)ncc23)CC(C(F)(F)F)O1. The fraction of sp³-hybridized carbons (Fsp3) is 0.435. The molecule has 0 aliphatic carbocycles. The topological polar surface area (TPSA) is 115 Å². The number of fused-ring (bicyclic) bond motifs is 1. The molecule has 35 heavy (non-hydrogen) atoms. The smallest absolute Gasteiger partial charge is 0.388 e. The second kappa shape index (κ2) is 9.34. The van der Waals surface area contributed by atoms with Gasteiger partial charge in [-0.1, -0.05) is 30.3 Å². The predicted octanol–water partition coefficient (Wildman–Crippen LogP) is 3.75. The molecule has 12 heteroatoms. The molecule has 0 radical (unpaired) electrons. The van der Waals surface area contributed by atoms with Gasteiger partial charge in [-0.15, -0.1) is 0 Å². The predicted molar refractivity (Wildman–Crippen MR) is 124 cm³/mol. The maximum Gasteiger partial charge on any atom is 0.416 e. The van der Waals surface area contributed by atoms with E-state index in [-0.39, 0.29) is 18.9 Å². The van der Waals surface area contributed by atoms with E-state index in [0.29, 0.717) is 16.7 Å². The maximum absolute atomic E-state index is 13.2. The van der Waals surface area contributed by atoms with E-state index in [9.17, 15) is 23.1 Å². The molecule has 3 aromatic rings. The fourth-order valence-corrected chi connectivity index (χ4v) is 4.11. The Morgan fingerprint density at radius 3 is 2.63 bits per heavy atom. The Morgan fingerprint density at radius 2 is 1.97 bits per heavy atom. The van der Waals surface area contributed by atoms with Gasteiger partial charge in [0, 0.05) is 18.8 Å². The molecule has 3 unspecified atom stereocenters. The number of pyridine rings is 1. The van der Waals surface area contributed by atoms with Crippen LogP contribution in [0.2, 0.25) is 0 Å². The van der Waals surface area contributed by atoms with E-state index < -0.39 is 36.1 Å².